The highest BCUT2D eigenvalue weighted by molar-refractivity contribution is 5.96. The number of alkyl halides is 3. The first-order valence-corrected chi connectivity index (χ1v) is 8.06. The maximum Gasteiger partial charge on any atom is 0.434 e. The van der Waals surface area contributed by atoms with Gasteiger partial charge in [0.05, 0.1) is 28.6 Å². The maximum atomic E-state index is 13.6. The third-order valence-electron chi connectivity index (χ3n) is 3.77. The fourth-order valence-corrected chi connectivity index (χ4v) is 2.46. The molecule has 0 unspecified atom stereocenters. The summed E-state index contributed by atoms with van der Waals surface area (Å²) in [5, 5.41) is 18.0. The monoisotopic (exact) mass is 403 g/mol. The summed E-state index contributed by atoms with van der Waals surface area (Å²) in [6.45, 7) is 0. The minimum atomic E-state index is -4.91. The van der Waals surface area contributed by atoms with E-state index in [1.54, 1.807) is 30.3 Å². The van der Waals surface area contributed by atoms with Crippen LogP contribution >= 0.6 is 0 Å². The molecular formula is C18H12F3N5O3. The van der Waals surface area contributed by atoms with Crippen LogP contribution in [0.5, 0.6) is 0 Å². The number of carbonyl (C=O) groups excluding carboxylic acids is 1. The van der Waals surface area contributed by atoms with Crippen LogP contribution in [0.4, 0.5) is 18.9 Å². The van der Waals surface area contributed by atoms with E-state index in [4.69, 9.17) is 0 Å². The van der Waals surface area contributed by atoms with Gasteiger partial charge in [0.15, 0.2) is 5.69 Å². The van der Waals surface area contributed by atoms with Crippen molar-refractivity contribution in [1.82, 2.24) is 15.2 Å². The van der Waals surface area contributed by atoms with Crippen molar-refractivity contribution < 1.29 is 22.9 Å². The van der Waals surface area contributed by atoms with E-state index in [1.807, 2.05) is 5.43 Å². The van der Waals surface area contributed by atoms with E-state index in [9.17, 15) is 28.1 Å². The Balaban J connectivity index is 1.90. The molecule has 8 nitrogen and oxygen atoms in total. The second-order valence-corrected chi connectivity index (χ2v) is 5.70. The first kappa shape index (κ1) is 19.7. The summed E-state index contributed by atoms with van der Waals surface area (Å²) in [7, 11) is 0. The molecule has 3 rings (SSSR count). The normalized spacial score (nSPS) is 11.6. The molecule has 1 amide bonds. The van der Waals surface area contributed by atoms with E-state index in [0.29, 0.717) is 10.2 Å². The van der Waals surface area contributed by atoms with Crippen LogP contribution in [0.1, 0.15) is 21.6 Å². The van der Waals surface area contributed by atoms with E-state index >= 15 is 0 Å². The number of nitro benzene ring substituents is 1. The molecular weight excluding hydrogens is 391 g/mol. The molecule has 0 saturated heterocycles. The number of aromatic nitrogens is 2. The molecule has 1 N–H and O–H groups in total. The van der Waals surface area contributed by atoms with Crippen molar-refractivity contribution >= 4 is 17.8 Å². The average molecular weight is 403 g/mol. The van der Waals surface area contributed by atoms with E-state index in [-0.39, 0.29) is 11.4 Å². The lowest BCUT2D eigenvalue weighted by Gasteiger charge is -2.12. The summed E-state index contributed by atoms with van der Waals surface area (Å²) in [5.41, 5.74) is 0.247. The summed E-state index contributed by atoms with van der Waals surface area (Å²) in [6.07, 6.45) is -2.86. The number of carbonyl (C=O) groups is 1. The number of benzene rings is 2. The van der Waals surface area contributed by atoms with Crippen LogP contribution in [-0.2, 0) is 6.18 Å². The van der Waals surface area contributed by atoms with Crippen molar-refractivity contribution in [3.05, 3.63) is 87.7 Å². The van der Waals surface area contributed by atoms with Crippen molar-refractivity contribution in [3.8, 4) is 5.69 Å². The largest absolute Gasteiger partial charge is 0.434 e. The molecule has 0 atom stereocenters. The predicted molar refractivity (Wildman–Crippen MR) is 96.7 cm³/mol. The molecule has 1 heterocycles. The molecule has 11 heteroatoms. The van der Waals surface area contributed by atoms with Crippen molar-refractivity contribution in [1.29, 1.82) is 0 Å². The molecule has 3 aromatic rings. The smallest absolute Gasteiger partial charge is 0.267 e. The summed E-state index contributed by atoms with van der Waals surface area (Å²) >= 11 is 0. The number of nitrogens with one attached hydrogen (secondary N) is 1. The zero-order valence-electron chi connectivity index (χ0n) is 14.5. The summed E-state index contributed by atoms with van der Waals surface area (Å²) in [6, 6.07) is 12.9. The number of rotatable bonds is 5. The SMILES string of the molecule is O=C(NN=Cc1ccccc1)c1cnn(-c2ccc([N+](=O)[O-])cc2)c1C(F)(F)F. The summed E-state index contributed by atoms with van der Waals surface area (Å²) in [4.78, 5) is 22.3. The van der Waals surface area contributed by atoms with Crippen LogP contribution in [0.25, 0.3) is 5.69 Å². The van der Waals surface area contributed by atoms with Crippen LogP contribution in [0, 0.1) is 10.1 Å². The second kappa shape index (κ2) is 7.92. The Labute approximate surface area is 161 Å². The van der Waals surface area contributed by atoms with Crippen LogP contribution in [0.3, 0.4) is 0 Å². The number of hydrazone groups is 1. The zero-order chi connectivity index (χ0) is 21.0. The van der Waals surface area contributed by atoms with Crippen molar-refractivity contribution in [2.75, 3.05) is 0 Å². The lowest BCUT2D eigenvalue weighted by molar-refractivity contribution is -0.384. The van der Waals surface area contributed by atoms with Gasteiger partial charge in [-0.1, -0.05) is 30.3 Å². The van der Waals surface area contributed by atoms with Gasteiger partial charge >= 0.3 is 6.18 Å². The Morgan fingerprint density at radius 3 is 2.38 bits per heavy atom. The Kier molecular flexibility index (Phi) is 5.39. The number of nitro groups is 1. The molecule has 0 spiro atoms. The lowest BCUT2D eigenvalue weighted by Crippen LogP contribution is -2.23. The van der Waals surface area contributed by atoms with Gasteiger partial charge in [0.1, 0.15) is 0 Å². The van der Waals surface area contributed by atoms with Gasteiger partial charge in [0.25, 0.3) is 11.6 Å². The van der Waals surface area contributed by atoms with Gasteiger partial charge < -0.3 is 0 Å². The van der Waals surface area contributed by atoms with Gasteiger partial charge in [-0.3, -0.25) is 14.9 Å². The minimum absolute atomic E-state index is 0.0882. The molecule has 0 aliphatic carbocycles. The van der Waals surface area contributed by atoms with E-state index < -0.39 is 28.3 Å². The molecule has 0 aliphatic rings. The molecule has 2 aromatic carbocycles. The number of halogens is 3. The maximum absolute atomic E-state index is 13.6. The molecule has 1 aromatic heterocycles. The van der Waals surface area contributed by atoms with E-state index in [1.165, 1.54) is 6.21 Å². The molecule has 0 saturated carbocycles. The van der Waals surface area contributed by atoms with Crippen LogP contribution in [-0.4, -0.2) is 26.8 Å². The first-order valence-electron chi connectivity index (χ1n) is 8.06. The van der Waals surface area contributed by atoms with Gasteiger partial charge in [-0.15, -0.1) is 0 Å². The molecule has 0 aliphatic heterocycles. The molecule has 29 heavy (non-hydrogen) atoms. The number of non-ortho nitro benzene ring substituents is 1. The molecule has 0 bridgehead atoms. The molecule has 148 valence electrons. The third-order valence-corrected chi connectivity index (χ3v) is 3.77. The fourth-order valence-electron chi connectivity index (χ4n) is 2.46. The fraction of sp³-hybridized carbons (Fsp3) is 0.0556. The van der Waals surface area contributed by atoms with Gasteiger partial charge in [0.2, 0.25) is 0 Å². The molecule has 0 radical (unpaired) electrons. The molecule has 0 fully saturated rings. The van der Waals surface area contributed by atoms with Gasteiger partial charge in [-0.05, 0) is 17.7 Å². The standard InChI is InChI=1S/C18H12F3N5O3/c19-18(20,21)16-15(17(27)24-22-10-12-4-2-1-3-5-12)11-23-25(16)13-6-8-14(9-7-13)26(28)29/h1-11H,(H,24,27). The van der Waals surface area contributed by atoms with Gasteiger partial charge in [-0.2, -0.15) is 23.4 Å². The summed E-state index contributed by atoms with van der Waals surface area (Å²) in [5.74, 6) is -1.10. The second-order valence-electron chi connectivity index (χ2n) is 5.70. The zero-order valence-corrected chi connectivity index (χ0v) is 14.5. The number of amides is 1. The predicted octanol–water partition coefficient (Wildman–Crippen LogP) is 3.56. The van der Waals surface area contributed by atoms with Gasteiger partial charge in [-0.25, -0.2) is 10.1 Å². The summed E-state index contributed by atoms with van der Waals surface area (Å²) < 4.78 is 41.3. The highest BCUT2D eigenvalue weighted by atomic mass is 19.4. The minimum Gasteiger partial charge on any atom is -0.267 e. The highest BCUT2D eigenvalue weighted by Crippen LogP contribution is 2.33. The van der Waals surface area contributed by atoms with E-state index in [2.05, 4.69) is 10.2 Å². The number of hydrogen-bond donors (Lipinski definition) is 1. The highest BCUT2D eigenvalue weighted by Gasteiger charge is 2.40. The van der Waals surface area contributed by atoms with Crippen molar-refractivity contribution in [2.45, 2.75) is 6.18 Å². The van der Waals surface area contributed by atoms with Crippen LogP contribution in [0.15, 0.2) is 65.9 Å². The Bertz CT molecular complexity index is 1060. The Hall–Kier alpha value is -4.02. The topological polar surface area (TPSA) is 102 Å². The van der Waals surface area contributed by atoms with Crippen LogP contribution < -0.4 is 5.43 Å². The Morgan fingerprint density at radius 2 is 1.79 bits per heavy atom. The van der Waals surface area contributed by atoms with Crippen molar-refractivity contribution in [2.24, 2.45) is 5.10 Å². The first-order chi connectivity index (χ1) is 13.8. The number of nitrogens with zero attached hydrogens (tertiary/aromatic N) is 4. The Morgan fingerprint density at radius 1 is 1.14 bits per heavy atom. The van der Waals surface area contributed by atoms with Gasteiger partial charge in [0, 0.05) is 12.1 Å². The average Bonchev–Trinajstić information content (AvgIpc) is 3.14. The van der Waals surface area contributed by atoms with E-state index in [0.717, 1.165) is 30.5 Å². The quantitative estimate of drug-likeness (QED) is 0.400. The van der Waals surface area contributed by atoms with Crippen molar-refractivity contribution in [3.63, 3.8) is 0 Å². The van der Waals surface area contributed by atoms with Crippen LogP contribution in [0.2, 0.25) is 0 Å². The third kappa shape index (κ3) is 4.46. The lowest BCUT2D eigenvalue weighted by atomic mass is 10.2. The number of hydrogen-bond acceptors (Lipinski definition) is 5.